The second kappa shape index (κ2) is 4.55. The lowest BCUT2D eigenvalue weighted by atomic mass is 9.70. The average Bonchev–Trinajstić information content (AvgIpc) is 2.57. The van der Waals surface area contributed by atoms with Gasteiger partial charge in [-0.3, -0.25) is 4.90 Å². The van der Waals surface area contributed by atoms with Crippen LogP contribution in [-0.4, -0.2) is 30.1 Å². The number of rotatable bonds is 2. The molecule has 0 spiro atoms. The highest BCUT2D eigenvalue weighted by molar-refractivity contribution is 5.01. The molecule has 0 bridgehead atoms. The van der Waals surface area contributed by atoms with Crippen LogP contribution in [0.4, 0.5) is 0 Å². The van der Waals surface area contributed by atoms with E-state index in [0.717, 1.165) is 18.4 Å². The van der Waals surface area contributed by atoms with Crippen molar-refractivity contribution < 1.29 is 0 Å². The SMILES string of the molecule is CC1CC(C)CC(CN)(N2CCC(C)(C)C2)C1. The van der Waals surface area contributed by atoms with E-state index >= 15 is 0 Å². The van der Waals surface area contributed by atoms with E-state index in [9.17, 15) is 0 Å². The summed E-state index contributed by atoms with van der Waals surface area (Å²) in [6, 6.07) is 0. The number of hydrogen-bond acceptors (Lipinski definition) is 2. The topological polar surface area (TPSA) is 29.3 Å². The third-order valence-electron chi connectivity index (χ3n) is 4.99. The van der Waals surface area contributed by atoms with Gasteiger partial charge in [0.2, 0.25) is 0 Å². The highest BCUT2D eigenvalue weighted by Crippen LogP contribution is 2.43. The third-order valence-corrected chi connectivity index (χ3v) is 4.99. The van der Waals surface area contributed by atoms with E-state index in [1.807, 2.05) is 0 Å². The fourth-order valence-electron chi connectivity index (χ4n) is 4.31. The summed E-state index contributed by atoms with van der Waals surface area (Å²) in [6.45, 7) is 12.9. The maximum atomic E-state index is 6.19. The van der Waals surface area contributed by atoms with Crippen LogP contribution in [0, 0.1) is 17.3 Å². The second-order valence-electron chi connectivity index (χ2n) is 7.62. The van der Waals surface area contributed by atoms with Crippen LogP contribution in [0.5, 0.6) is 0 Å². The van der Waals surface area contributed by atoms with Crippen molar-refractivity contribution in [2.75, 3.05) is 19.6 Å². The lowest BCUT2D eigenvalue weighted by molar-refractivity contribution is 0.0305. The van der Waals surface area contributed by atoms with Gasteiger partial charge in [0, 0.05) is 18.6 Å². The Balaban J connectivity index is 2.14. The summed E-state index contributed by atoms with van der Waals surface area (Å²) in [5.41, 5.74) is 6.99. The molecule has 0 amide bonds. The summed E-state index contributed by atoms with van der Waals surface area (Å²) in [7, 11) is 0. The zero-order valence-electron chi connectivity index (χ0n) is 12.1. The van der Waals surface area contributed by atoms with Gasteiger partial charge in [-0.15, -0.1) is 0 Å². The molecule has 17 heavy (non-hydrogen) atoms. The molecule has 0 aromatic heterocycles. The molecule has 1 aliphatic heterocycles. The zero-order chi connectivity index (χ0) is 12.7. The Morgan fingerprint density at radius 2 is 1.76 bits per heavy atom. The van der Waals surface area contributed by atoms with Gasteiger partial charge in [0.15, 0.2) is 0 Å². The van der Waals surface area contributed by atoms with E-state index in [1.165, 1.54) is 38.8 Å². The Bertz CT molecular complexity index is 262. The van der Waals surface area contributed by atoms with Gasteiger partial charge in [-0.05, 0) is 49.5 Å². The van der Waals surface area contributed by atoms with Crippen LogP contribution in [0.25, 0.3) is 0 Å². The molecule has 2 unspecified atom stereocenters. The number of likely N-dealkylation sites (tertiary alicyclic amines) is 1. The normalized spacial score (nSPS) is 42.9. The van der Waals surface area contributed by atoms with Crippen molar-refractivity contribution in [2.24, 2.45) is 23.0 Å². The van der Waals surface area contributed by atoms with Gasteiger partial charge in [-0.2, -0.15) is 0 Å². The first-order valence-corrected chi connectivity index (χ1v) is 7.32. The minimum Gasteiger partial charge on any atom is -0.329 e. The van der Waals surface area contributed by atoms with E-state index in [-0.39, 0.29) is 0 Å². The zero-order valence-corrected chi connectivity index (χ0v) is 12.1. The standard InChI is InChI=1S/C15H30N2/c1-12-7-13(2)9-15(8-12,10-16)17-6-5-14(3,4)11-17/h12-13H,5-11,16H2,1-4H3. The van der Waals surface area contributed by atoms with Crippen molar-refractivity contribution in [1.82, 2.24) is 4.90 Å². The molecule has 2 nitrogen and oxygen atoms in total. The summed E-state index contributed by atoms with van der Waals surface area (Å²) >= 11 is 0. The number of hydrogen-bond donors (Lipinski definition) is 1. The predicted molar refractivity (Wildman–Crippen MR) is 73.9 cm³/mol. The molecule has 2 aliphatic rings. The highest BCUT2D eigenvalue weighted by atomic mass is 15.2. The van der Waals surface area contributed by atoms with Gasteiger partial charge in [-0.1, -0.05) is 27.7 Å². The van der Waals surface area contributed by atoms with E-state index in [1.54, 1.807) is 0 Å². The van der Waals surface area contributed by atoms with Crippen LogP contribution >= 0.6 is 0 Å². The largest absolute Gasteiger partial charge is 0.329 e. The number of nitrogens with two attached hydrogens (primary N) is 1. The maximum absolute atomic E-state index is 6.19. The molecule has 2 atom stereocenters. The molecule has 2 heteroatoms. The monoisotopic (exact) mass is 238 g/mol. The van der Waals surface area contributed by atoms with Gasteiger partial charge in [-0.25, -0.2) is 0 Å². The second-order valence-corrected chi connectivity index (χ2v) is 7.62. The van der Waals surface area contributed by atoms with Crippen molar-refractivity contribution in [1.29, 1.82) is 0 Å². The molecule has 1 saturated carbocycles. The Morgan fingerprint density at radius 3 is 2.18 bits per heavy atom. The van der Waals surface area contributed by atoms with Gasteiger partial charge < -0.3 is 5.73 Å². The number of nitrogens with zero attached hydrogens (tertiary/aromatic N) is 1. The Morgan fingerprint density at radius 1 is 1.18 bits per heavy atom. The molecular weight excluding hydrogens is 208 g/mol. The fourth-order valence-corrected chi connectivity index (χ4v) is 4.31. The van der Waals surface area contributed by atoms with E-state index in [2.05, 4.69) is 32.6 Å². The average molecular weight is 238 g/mol. The van der Waals surface area contributed by atoms with Crippen molar-refractivity contribution in [3.63, 3.8) is 0 Å². The first kappa shape index (κ1) is 13.4. The van der Waals surface area contributed by atoms with E-state index in [0.29, 0.717) is 11.0 Å². The van der Waals surface area contributed by atoms with Crippen molar-refractivity contribution in [2.45, 2.75) is 58.9 Å². The Kier molecular flexibility index (Phi) is 3.57. The fraction of sp³-hybridized carbons (Fsp3) is 1.00. The molecule has 1 aliphatic carbocycles. The minimum absolute atomic E-state index is 0.310. The van der Waals surface area contributed by atoms with Crippen molar-refractivity contribution in [3.05, 3.63) is 0 Å². The molecule has 1 heterocycles. The van der Waals surface area contributed by atoms with Crippen LogP contribution in [0.15, 0.2) is 0 Å². The van der Waals surface area contributed by atoms with Crippen LogP contribution in [0.1, 0.15) is 53.4 Å². The van der Waals surface area contributed by atoms with Gasteiger partial charge in [0.05, 0.1) is 0 Å². The highest BCUT2D eigenvalue weighted by Gasteiger charge is 2.45. The van der Waals surface area contributed by atoms with Crippen LogP contribution < -0.4 is 5.73 Å². The minimum atomic E-state index is 0.310. The lowest BCUT2D eigenvalue weighted by Gasteiger charge is -2.48. The van der Waals surface area contributed by atoms with Gasteiger partial charge in [0.1, 0.15) is 0 Å². The molecule has 0 aromatic rings. The summed E-state index contributed by atoms with van der Waals surface area (Å²) in [6.07, 6.45) is 5.34. The first-order chi connectivity index (χ1) is 7.87. The maximum Gasteiger partial charge on any atom is 0.0337 e. The van der Waals surface area contributed by atoms with Gasteiger partial charge >= 0.3 is 0 Å². The summed E-state index contributed by atoms with van der Waals surface area (Å²) in [4.78, 5) is 2.72. The van der Waals surface area contributed by atoms with Crippen molar-refractivity contribution >= 4 is 0 Å². The Labute approximate surface area is 107 Å². The third kappa shape index (κ3) is 2.68. The quantitative estimate of drug-likeness (QED) is 0.801. The van der Waals surface area contributed by atoms with Crippen LogP contribution in [0.2, 0.25) is 0 Å². The summed E-state index contributed by atoms with van der Waals surface area (Å²) < 4.78 is 0. The lowest BCUT2D eigenvalue weighted by Crippen LogP contribution is -2.56. The van der Waals surface area contributed by atoms with Gasteiger partial charge in [0.25, 0.3) is 0 Å². The smallest absolute Gasteiger partial charge is 0.0337 e. The Hall–Kier alpha value is -0.0800. The first-order valence-electron chi connectivity index (χ1n) is 7.32. The molecular formula is C15H30N2. The van der Waals surface area contributed by atoms with Crippen molar-refractivity contribution in [3.8, 4) is 0 Å². The molecule has 2 fully saturated rings. The predicted octanol–water partition coefficient (Wildman–Crippen LogP) is 2.87. The van der Waals surface area contributed by atoms with E-state index < -0.39 is 0 Å². The molecule has 0 aromatic carbocycles. The van der Waals surface area contributed by atoms with E-state index in [4.69, 9.17) is 5.73 Å². The molecule has 2 N–H and O–H groups in total. The van der Waals surface area contributed by atoms with Crippen LogP contribution in [-0.2, 0) is 0 Å². The van der Waals surface area contributed by atoms with Crippen LogP contribution in [0.3, 0.4) is 0 Å². The molecule has 100 valence electrons. The summed E-state index contributed by atoms with van der Waals surface area (Å²) in [5, 5.41) is 0. The summed E-state index contributed by atoms with van der Waals surface area (Å²) in [5.74, 6) is 1.68. The molecule has 2 rings (SSSR count). The molecule has 0 radical (unpaired) electrons. The molecule has 1 saturated heterocycles.